The number of carbonyl (C=O) groups is 1. The van der Waals surface area contributed by atoms with Gasteiger partial charge in [0.05, 0.1) is 12.6 Å². The summed E-state index contributed by atoms with van der Waals surface area (Å²) in [5.41, 5.74) is 8.19. The van der Waals surface area contributed by atoms with Gasteiger partial charge in [-0.2, -0.15) is 5.10 Å². The van der Waals surface area contributed by atoms with Gasteiger partial charge in [-0.25, -0.2) is 0 Å². The van der Waals surface area contributed by atoms with E-state index in [1.54, 1.807) is 10.9 Å². The summed E-state index contributed by atoms with van der Waals surface area (Å²) >= 11 is 0. The highest BCUT2D eigenvalue weighted by atomic mass is 35.5. The number of amides is 1. The van der Waals surface area contributed by atoms with E-state index in [9.17, 15) is 4.79 Å². The van der Waals surface area contributed by atoms with Gasteiger partial charge in [-0.3, -0.25) is 9.48 Å². The molecule has 1 amide bonds. The van der Waals surface area contributed by atoms with Gasteiger partial charge < -0.3 is 16.0 Å². The van der Waals surface area contributed by atoms with Crippen molar-refractivity contribution in [1.82, 2.24) is 20.1 Å². The van der Waals surface area contributed by atoms with Gasteiger partial charge in [0.1, 0.15) is 0 Å². The van der Waals surface area contributed by atoms with Crippen molar-refractivity contribution in [3.63, 3.8) is 0 Å². The van der Waals surface area contributed by atoms with Crippen molar-refractivity contribution in [3.05, 3.63) is 54.5 Å². The van der Waals surface area contributed by atoms with E-state index < -0.39 is 6.04 Å². The predicted molar refractivity (Wildman–Crippen MR) is 104 cm³/mol. The Labute approximate surface area is 159 Å². The number of nitrogens with two attached hydrogens (primary N) is 1. The quantitative estimate of drug-likeness (QED) is 0.609. The van der Waals surface area contributed by atoms with Crippen LogP contribution in [-0.2, 0) is 17.8 Å². The molecule has 0 saturated heterocycles. The summed E-state index contributed by atoms with van der Waals surface area (Å²) in [6, 6.07) is 9.26. The Morgan fingerprint density at radius 2 is 2.08 bits per heavy atom. The first-order valence-electron chi connectivity index (χ1n) is 7.72. The Morgan fingerprint density at radius 1 is 1.32 bits per heavy atom. The molecule has 1 unspecified atom stereocenters. The van der Waals surface area contributed by atoms with E-state index in [-0.39, 0.29) is 36.8 Å². The third-order valence-electron chi connectivity index (χ3n) is 3.86. The summed E-state index contributed by atoms with van der Waals surface area (Å²) in [4.78, 5) is 15.5. The fraction of sp³-hybridized carbons (Fsp3) is 0.294. The van der Waals surface area contributed by atoms with Crippen molar-refractivity contribution < 1.29 is 4.79 Å². The minimum Gasteiger partial charge on any atom is -0.361 e. The van der Waals surface area contributed by atoms with E-state index in [0.717, 1.165) is 16.5 Å². The number of nitrogens with zero attached hydrogens (tertiary/aromatic N) is 2. The van der Waals surface area contributed by atoms with E-state index in [1.165, 1.54) is 0 Å². The summed E-state index contributed by atoms with van der Waals surface area (Å²) in [6.07, 6.45) is 6.02. The molecular weight excluding hydrogens is 361 g/mol. The number of aromatic nitrogens is 3. The lowest BCUT2D eigenvalue weighted by atomic mass is 10.0. The molecule has 0 aliphatic heterocycles. The first-order chi connectivity index (χ1) is 11.1. The standard InChI is InChI=1S/C17H21N5O.2ClH/c1-12(11-22-8-4-7-20-22)21-17(23)15(18)9-13-10-19-16-6-3-2-5-14(13)16;;/h2-8,10,12,15,19H,9,11,18H2,1H3,(H,21,23);2*1H/t12?,15-;;/m0../s1. The fourth-order valence-corrected chi connectivity index (χ4v) is 2.71. The Bertz CT molecular complexity index is 787. The van der Waals surface area contributed by atoms with Crippen molar-refractivity contribution in [2.24, 2.45) is 5.73 Å². The monoisotopic (exact) mass is 383 g/mol. The number of hydrogen-bond donors (Lipinski definition) is 3. The molecule has 3 aromatic rings. The van der Waals surface area contributed by atoms with Gasteiger partial charge in [0, 0.05) is 35.5 Å². The number of fused-ring (bicyclic) bond motifs is 1. The first-order valence-corrected chi connectivity index (χ1v) is 7.72. The molecule has 2 aromatic heterocycles. The van der Waals surface area contributed by atoms with Gasteiger partial charge in [0.2, 0.25) is 5.91 Å². The van der Waals surface area contributed by atoms with Crippen molar-refractivity contribution in [2.45, 2.75) is 32.0 Å². The van der Waals surface area contributed by atoms with Crippen molar-refractivity contribution in [2.75, 3.05) is 0 Å². The summed E-state index contributed by atoms with van der Waals surface area (Å²) in [6.45, 7) is 2.57. The lowest BCUT2D eigenvalue weighted by Gasteiger charge is -2.17. The Morgan fingerprint density at radius 3 is 2.80 bits per heavy atom. The third kappa shape index (κ3) is 5.22. The highest BCUT2D eigenvalue weighted by Crippen LogP contribution is 2.18. The molecule has 0 spiro atoms. The minimum atomic E-state index is -0.575. The summed E-state index contributed by atoms with van der Waals surface area (Å²) in [5.74, 6) is -0.144. The molecule has 2 atom stereocenters. The van der Waals surface area contributed by atoms with Crippen LogP contribution in [0.15, 0.2) is 48.9 Å². The number of aromatic amines is 1. The van der Waals surface area contributed by atoms with Crippen molar-refractivity contribution >= 4 is 41.6 Å². The lowest BCUT2D eigenvalue weighted by Crippen LogP contribution is -2.46. The normalized spacial score (nSPS) is 12.7. The average molecular weight is 384 g/mol. The molecule has 6 nitrogen and oxygen atoms in total. The largest absolute Gasteiger partial charge is 0.361 e. The van der Waals surface area contributed by atoms with Crippen LogP contribution >= 0.6 is 24.8 Å². The molecular formula is C17H23Cl2N5O. The maximum absolute atomic E-state index is 12.3. The van der Waals surface area contributed by atoms with Crippen molar-refractivity contribution in [3.8, 4) is 0 Å². The van der Waals surface area contributed by atoms with Crippen LogP contribution in [0.1, 0.15) is 12.5 Å². The first kappa shape index (κ1) is 21.0. The summed E-state index contributed by atoms with van der Waals surface area (Å²) < 4.78 is 1.79. The molecule has 1 aromatic carbocycles. The predicted octanol–water partition coefficient (Wildman–Crippen LogP) is 2.28. The molecule has 136 valence electrons. The van der Waals surface area contributed by atoms with Gasteiger partial charge in [0.25, 0.3) is 0 Å². The van der Waals surface area contributed by atoms with Crippen LogP contribution in [0.2, 0.25) is 0 Å². The second-order valence-corrected chi connectivity index (χ2v) is 5.81. The summed E-state index contributed by atoms with van der Waals surface area (Å²) in [5, 5.41) is 8.19. The molecule has 2 heterocycles. The van der Waals surface area contributed by atoms with E-state index in [0.29, 0.717) is 13.0 Å². The summed E-state index contributed by atoms with van der Waals surface area (Å²) in [7, 11) is 0. The number of para-hydroxylation sites is 1. The van der Waals surface area contributed by atoms with Crippen LogP contribution in [0.25, 0.3) is 10.9 Å². The zero-order valence-electron chi connectivity index (χ0n) is 13.9. The Balaban J connectivity index is 0.00000156. The maximum atomic E-state index is 12.3. The van der Waals surface area contributed by atoms with Gasteiger partial charge in [-0.05, 0) is 31.0 Å². The topological polar surface area (TPSA) is 88.7 Å². The Kier molecular flexibility index (Phi) is 7.96. The lowest BCUT2D eigenvalue weighted by molar-refractivity contribution is -0.123. The molecule has 0 aliphatic rings. The number of carbonyl (C=O) groups excluding carboxylic acids is 1. The van der Waals surface area contributed by atoms with Crippen LogP contribution in [0, 0.1) is 0 Å². The smallest absolute Gasteiger partial charge is 0.237 e. The van der Waals surface area contributed by atoms with E-state index in [1.807, 2.05) is 49.6 Å². The molecule has 25 heavy (non-hydrogen) atoms. The molecule has 4 N–H and O–H groups in total. The maximum Gasteiger partial charge on any atom is 0.237 e. The number of hydrogen-bond acceptors (Lipinski definition) is 3. The van der Waals surface area contributed by atoms with Gasteiger partial charge >= 0.3 is 0 Å². The number of benzene rings is 1. The third-order valence-corrected chi connectivity index (χ3v) is 3.86. The molecule has 0 bridgehead atoms. The fourth-order valence-electron chi connectivity index (χ4n) is 2.71. The average Bonchev–Trinajstić information content (AvgIpc) is 3.17. The molecule has 0 fully saturated rings. The molecule has 0 aliphatic carbocycles. The highest BCUT2D eigenvalue weighted by molar-refractivity contribution is 5.86. The zero-order chi connectivity index (χ0) is 16.2. The number of halogens is 2. The van der Waals surface area contributed by atoms with E-state index in [4.69, 9.17) is 5.73 Å². The zero-order valence-corrected chi connectivity index (χ0v) is 15.5. The number of nitrogens with one attached hydrogen (secondary N) is 2. The highest BCUT2D eigenvalue weighted by Gasteiger charge is 2.18. The minimum absolute atomic E-state index is 0. The number of H-pyrrole nitrogens is 1. The van der Waals surface area contributed by atoms with E-state index >= 15 is 0 Å². The van der Waals surface area contributed by atoms with Gasteiger partial charge in [0.15, 0.2) is 0 Å². The van der Waals surface area contributed by atoms with E-state index in [2.05, 4.69) is 15.4 Å². The Hall–Kier alpha value is -2.02. The second-order valence-electron chi connectivity index (χ2n) is 5.81. The molecule has 0 saturated carbocycles. The van der Waals surface area contributed by atoms with Crippen LogP contribution < -0.4 is 11.1 Å². The SMILES string of the molecule is CC(Cn1cccn1)NC(=O)[C@@H](N)Cc1c[nH]c2ccccc12.Cl.Cl. The second kappa shape index (κ2) is 9.46. The number of rotatable bonds is 6. The van der Waals surface area contributed by atoms with Gasteiger partial charge in [-0.1, -0.05) is 18.2 Å². The van der Waals surface area contributed by atoms with Crippen molar-refractivity contribution in [1.29, 1.82) is 0 Å². The van der Waals surface area contributed by atoms with Crippen LogP contribution in [-0.4, -0.2) is 32.8 Å². The van der Waals surface area contributed by atoms with Crippen LogP contribution in [0.3, 0.4) is 0 Å². The van der Waals surface area contributed by atoms with Crippen LogP contribution in [0.4, 0.5) is 0 Å². The molecule has 8 heteroatoms. The molecule has 0 radical (unpaired) electrons. The van der Waals surface area contributed by atoms with Gasteiger partial charge in [-0.15, -0.1) is 24.8 Å². The van der Waals surface area contributed by atoms with Crippen LogP contribution in [0.5, 0.6) is 0 Å². The molecule has 3 rings (SSSR count).